The first-order chi connectivity index (χ1) is 11.4. The number of Topliss-reactive ketones (excluding diaryl/α,β-unsaturated/α-hetero) is 1. The Morgan fingerprint density at radius 2 is 1.83 bits per heavy atom. The summed E-state index contributed by atoms with van der Waals surface area (Å²) in [6.07, 6.45) is 0.431. The SMILES string of the molecule is CCOC(=O)C(=O)Cc1[nH]nc(Oc2cc(Cl)cc(Cl)c2)c1CC. The average molecular weight is 371 g/mol. The summed E-state index contributed by atoms with van der Waals surface area (Å²) in [5.41, 5.74) is 1.21. The fourth-order valence-electron chi connectivity index (χ4n) is 2.12. The number of aromatic nitrogens is 2. The highest BCUT2D eigenvalue weighted by Crippen LogP contribution is 2.30. The molecule has 0 aliphatic rings. The molecule has 0 aliphatic heterocycles. The molecular formula is C16H16Cl2N2O4. The molecule has 0 aliphatic carbocycles. The van der Waals surface area contributed by atoms with Gasteiger partial charge in [-0.3, -0.25) is 9.89 Å². The highest BCUT2D eigenvalue weighted by molar-refractivity contribution is 6.35. The summed E-state index contributed by atoms with van der Waals surface area (Å²) in [6.45, 7) is 3.68. The molecular weight excluding hydrogens is 355 g/mol. The molecule has 0 saturated carbocycles. The van der Waals surface area contributed by atoms with Gasteiger partial charge in [-0.05, 0) is 31.5 Å². The number of esters is 1. The summed E-state index contributed by atoms with van der Waals surface area (Å²) in [4.78, 5) is 23.3. The molecule has 0 bridgehead atoms. The third-order valence-electron chi connectivity index (χ3n) is 3.16. The van der Waals surface area contributed by atoms with Gasteiger partial charge in [-0.2, -0.15) is 0 Å². The van der Waals surface area contributed by atoms with Gasteiger partial charge >= 0.3 is 5.97 Å². The summed E-state index contributed by atoms with van der Waals surface area (Å²) in [6, 6.07) is 4.79. The van der Waals surface area contributed by atoms with Gasteiger partial charge in [0.2, 0.25) is 11.7 Å². The second-order valence-electron chi connectivity index (χ2n) is 4.87. The molecule has 1 aromatic heterocycles. The molecule has 0 atom stereocenters. The van der Waals surface area contributed by atoms with E-state index in [0.717, 1.165) is 0 Å². The monoisotopic (exact) mass is 370 g/mol. The third kappa shape index (κ3) is 4.49. The number of hydrogen-bond donors (Lipinski definition) is 1. The molecule has 0 radical (unpaired) electrons. The summed E-state index contributed by atoms with van der Waals surface area (Å²) >= 11 is 11.9. The highest BCUT2D eigenvalue weighted by atomic mass is 35.5. The van der Waals surface area contributed by atoms with E-state index in [1.165, 1.54) is 0 Å². The molecule has 0 unspecified atom stereocenters. The Labute approximate surface area is 149 Å². The van der Waals surface area contributed by atoms with E-state index in [4.69, 9.17) is 32.7 Å². The van der Waals surface area contributed by atoms with Crippen molar-refractivity contribution >= 4 is 35.0 Å². The maximum absolute atomic E-state index is 11.8. The Morgan fingerprint density at radius 1 is 1.17 bits per heavy atom. The summed E-state index contributed by atoms with van der Waals surface area (Å²) in [5, 5.41) is 7.66. The second-order valence-corrected chi connectivity index (χ2v) is 5.74. The molecule has 0 saturated heterocycles. The average Bonchev–Trinajstić information content (AvgIpc) is 2.87. The number of carbonyl (C=O) groups is 2. The Morgan fingerprint density at radius 3 is 2.42 bits per heavy atom. The van der Waals surface area contributed by atoms with Crippen LogP contribution in [0.2, 0.25) is 10.0 Å². The zero-order chi connectivity index (χ0) is 17.7. The lowest BCUT2D eigenvalue weighted by molar-refractivity contribution is -0.153. The zero-order valence-electron chi connectivity index (χ0n) is 13.2. The van der Waals surface area contributed by atoms with Crippen molar-refractivity contribution in [1.82, 2.24) is 10.2 Å². The number of H-pyrrole nitrogens is 1. The van der Waals surface area contributed by atoms with Crippen LogP contribution in [0.5, 0.6) is 11.6 Å². The molecule has 1 aromatic carbocycles. The number of ether oxygens (including phenoxy) is 2. The van der Waals surface area contributed by atoms with Crippen molar-refractivity contribution in [3.8, 4) is 11.6 Å². The number of nitrogens with one attached hydrogen (secondary N) is 1. The molecule has 128 valence electrons. The van der Waals surface area contributed by atoms with Crippen molar-refractivity contribution in [2.24, 2.45) is 0 Å². The van der Waals surface area contributed by atoms with Gasteiger partial charge in [0.25, 0.3) is 0 Å². The van der Waals surface area contributed by atoms with Crippen LogP contribution in [-0.4, -0.2) is 28.6 Å². The van der Waals surface area contributed by atoms with Crippen LogP contribution in [0, 0.1) is 0 Å². The largest absolute Gasteiger partial charge is 0.460 e. The first-order valence-electron chi connectivity index (χ1n) is 7.34. The molecule has 1 N–H and O–H groups in total. The van der Waals surface area contributed by atoms with Crippen LogP contribution in [0.15, 0.2) is 18.2 Å². The smallest absolute Gasteiger partial charge is 0.375 e. The van der Waals surface area contributed by atoms with E-state index in [0.29, 0.717) is 39.4 Å². The minimum absolute atomic E-state index is 0.130. The van der Waals surface area contributed by atoms with Crippen molar-refractivity contribution in [1.29, 1.82) is 0 Å². The van der Waals surface area contributed by atoms with E-state index in [-0.39, 0.29) is 13.0 Å². The number of carbonyl (C=O) groups excluding carboxylic acids is 2. The van der Waals surface area contributed by atoms with Crippen LogP contribution in [0.4, 0.5) is 0 Å². The minimum atomic E-state index is -0.863. The fourth-order valence-corrected chi connectivity index (χ4v) is 2.63. The van der Waals surface area contributed by atoms with Gasteiger partial charge in [-0.25, -0.2) is 4.79 Å². The lowest BCUT2D eigenvalue weighted by Gasteiger charge is -2.06. The van der Waals surface area contributed by atoms with E-state index >= 15 is 0 Å². The van der Waals surface area contributed by atoms with Crippen molar-refractivity contribution in [2.75, 3.05) is 6.61 Å². The number of benzene rings is 1. The molecule has 24 heavy (non-hydrogen) atoms. The topological polar surface area (TPSA) is 81.3 Å². The third-order valence-corrected chi connectivity index (χ3v) is 3.60. The molecule has 0 spiro atoms. The molecule has 6 nitrogen and oxygen atoms in total. The van der Waals surface area contributed by atoms with Crippen molar-refractivity contribution < 1.29 is 19.1 Å². The van der Waals surface area contributed by atoms with Crippen molar-refractivity contribution in [2.45, 2.75) is 26.7 Å². The van der Waals surface area contributed by atoms with E-state index in [9.17, 15) is 9.59 Å². The first kappa shape index (κ1) is 18.3. The van der Waals surface area contributed by atoms with Crippen LogP contribution in [0.25, 0.3) is 0 Å². The van der Waals surface area contributed by atoms with Crippen molar-refractivity contribution in [3.63, 3.8) is 0 Å². The Bertz CT molecular complexity index is 738. The quantitative estimate of drug-likeness (QED) is 0.592. The standard InChI is InChI=1S/C16H16Cl2N2O4/c1-3-12-13(8-14(21)16(22)23-4-2)19-20-15(12)24-11-6-9(17)5-10(18)7-11/h5-7H,3-4,8H2,1-2H3,(H,19,20). The maximum Gasteiger partial charge on any atom is 0.375 e. The van der Waals surface area contributed by atoms with Gasteiger partial charge in [0.1, 0.15) is 5.75 Å². The van der Waals surface area contributed by atoms with Crippen LogP contribution in [0.1, 0.15) is 25.1 Å². The molecule has 1 heterocycles. The van der Waals surface area contributed by atoms with Crippen LogP contribution < -0.4 is 4.74 Å². The van der Waals surface area contributed by atoms with Gasteiger partial charge in [0.05, 0.1) is 18.7 Å². The Hall–Kier alpha value is -2.05. The summed E-state index contributed by atoms with van der Waals surface area (Å²) < 4.78 is 10.4. The zero-order valence-corrected chi connectivity index (χ0v) is 14.7. The van der Waals surface area contributed by atoms with Crippen LogP contribution in [-0.2, 0) is 27.2 Å². The Kier molecular flexibility index (Phi) is 6.23. The maximum atomic E-state index is 11.8. The predicted octanol–water partition coefficient (Wildman–Crippen LogP) is 3.75. The summed E-state index contributed by atoms with van der Waals surface area (Å²) in [7, 11) is 0. The van der Waals surface area contributed by atoms with Crippen LogP contribution >= 0.6 is 23.2 Å². The van der Waals surface area contributed by atoms with Gasteiger partial charge < -0.3 is 9.47 Å². The minimum Gasteiger partial charge on any atom is -0.460 e. The molecule has 2 rings (SSSR count). The first-order valence-corrected chi connectivity index (χ1v) is 8.10. The van der Waals surface area contributed by atoms with Gasteiger partial charge in [-0.1, -0.05) is 30.1 Å². The fraction of sp³-hybridized carbons (Fsp3) is 0.312. The number of halogens is 2. The van der Waals surface area contributed by atoms with E-state index in [2.05, 4.69) is 10.2 Å². The molecule has 0 fully saturated rings. The van der Waals surface area contributed by atoms with Crippen LogP contribution in [0.3, 0.4) is 0 Å². The summed E-state index contributed by atoms with van der Waals surface area (Å²) in [5.74, 6) is -0.773. The number of ketones is 1. The van der Waals surface area contributed by atoms with E-state index in [1.54, 1.807) is 25.1 Å². The molecule has 0 amide bonds. The van der Waals surface area contributed by atoms with E-state index < -0.39 is 11.8 Å². The number of rotatable bonds is 7. The normalized spacial score (nSPS) is 10.5. The highest BCUT2D eigenvalue weighted by Gasteiger charge is 2.21. The second kappa shape index (κ2) is 8.17. The number of hydrogen-bond acceptors (Lipinski definition) is 5. The lowest BCUT2D eigenvalue weighted by Crippen LogP contribution is -2.20. The number of aromatic amines is 1. The van der Waals surface area contributed by atoms with Gasteiger partial charge in [-0.15, -0.1) is 5.10 Å². The van der Waals surface area contributed by atoms with E-state index in [1.807, 2.05) is 6.92 Å². The molecule has 8 heteroatoms. The number of nitrogens with zero attached hydrogens (tertiary/aromatic N) is 1. The van der Waals surface area contributed by atoms with Crippen molar-refractivity contribution in [3.05, 3.63) is 39.5 Å². The predicted molar refractivity (Wildman–Crippen MR) is 89.8 cm³/mol. The Balaban J connectivity index is 2.19. The molecule has 2 aromatic rings. The van der Waals surface area contributed by atoms with Gasteiger partial charge in [0, 0.05) is 15.6 Å². The van der Waals surface area contributed by atoms with Gasteiger partial charge in [0.15, 0.2) is 0 Å². The lowest BCUT2D eigenvalue weighted by atomic mass is 10.1.